The number of amides is 3. The Labute approximate surface area is 236 Å². The van der Waals surface area contributed by atoms with Crippen molar-refractivity contribution in [3.63, 3.8) is 0 Å². The summed E-state index contributed by atoms with van der Waals surface area (Å²) in [5.41, 5.74) is 9.06. The molecule has 2 aromatic carbocycles. The van der Waals surface area contributed by atoms with E-state index in [1.54, 1.807) is 6.20 Å². The van der Waals surface area contributed by atoms with Gasteiger partial charge in [-0.25, -0.2) is 9.78 Å². The molecule has 0 bridgehead atoms. The Hall–Kier alpha value is -4.97. The number of para-hydroxylation sites is 1. The van der Waals surface area contributed by atoms with Gasteiger partial charge in [-0.15, -0.1) is 0 Å². The van der Waals surface area contributed by atoms with Gasteiger partial charge in [0.2, 0.25) is 17.7 Å². The fourth-order valence-electron chi connectivity index (χ4n) is 4.46. The predicted octanol–water partition coefficient (Wildman–Crippen LogP) is 0.805. The van der Waals surface area contributed by atoms with Gasteiger partial charge < -0.3 is 36.8 Å². The lowest BCUT2D eigenvalue weighted by atomic mass is 10.0. The number of carboxylic acids is 1. The van der Waals surface area contributed by atoms with E-state index in [0.29, 0.717) is 12.1 Å². The fourth-order valence-corrected chi connectivity index (χ4v) is 4.46. The Kier molecular flexibility index (Phi) is 9.48. The number of benzene rings is 2. The minimum Gasteiger partial charge on any atom is -0.480 e. The summed E-state index contributed by atoms with van der Waals surface area (Å²) in [5.74, 6) is -3.06. The second-order valence-corrected chi connectivity index (χ2v) is 9.83. The van der Waals surface area contributed by atoms with Gasteiger partial charge in [0.05, 0.1) is 12.4 Å². The zero-order valence-electron chi connectivity index (χ0n) is 22.5. The molecule has 0 aliphatic heterocycles. The van der Waals surface area contributed by atoms with Crippen molar-refractivity contribution in [3.8, 4) is 0 Å². The maximum atomic E-state index is 13.4. The maximum Gasteiger partial charge on any atom is 0.326 e. The third kappa shape index (κ3) is 7.79. The van der Waals surface area contributed by atoms with Crippen molar-refractivity contribution < 1.29 is 24.3 Å². The maximum absolute atomic E-state index is 13.4. The van der Waals surface area contributed by atoms with Crippen LogP contribution in [0.2, 0.25) is 0 Å². The molecule has 41 heavy (non-hydrogen) atoms. The number of fused-ring (bicyclic) bond motifs is 1. The molecule has 3 amide bonds. The van der Waals surface area contributed by atoms with Gasteiger partial charge in [0.25, 0.3) is 0 Å². The molecule has 0 radical (unpaired) electrons. The number of aliphatic carboxylic acids is 1. The number of nitrogens with two attached hydrogens (primary N) is 1. The summed E-state index contributed by atoms with van der Waals surface area (Å²) in [5, 5.41) is 18.4. The number of carbonyl (C=O) groups is 4. The minimum atomic E-state index is -1.27. The van der Waals surface area contributed by atoms with E-state index in [2.05, 4.69) is 30.9 Å². The first kappa shape index (κ1) is 29.0. The van der Waals surface area contributed by atoms with Gasteiger partial charge in [0, 0.05) is 41.8 Å². The van der Waals surface area contributed by atoms with Gasteiger partial charge in [0.15, 0.2) is 0 Å². The molecule has 0 aliphatic carbocycles. The lowest BCUT2D eigenvalue weighted by Crippen LogP contribution is -2.57. The number of aromatic amines is 2. The van der Waals surface area contributed by atoms with Crippen LogP contribution in [-0.2, 0) is 38.4 Å². The summed E-state index contributed by atoms with van der Waals surface area (Å²) in [4.78, 5) is 61.0. The number of aromatic nitrogens is 3. The summed E-state index contributed by atoms with van der Waals surface area (Å²) < 4.78 is 0. The second kappa shape index (κ2) is 13.4. The number of H-pyrrole nitrogens is 2. The van der Waals surface area contributed by atoms with Crippen molar-refractivity contribution in [2.45, 2.75) is 50.4 Å². The molecule has 4 aromatic rings. The van der Waals surface area contributed by atoms with E-state index in [0.717, 1.165) is 22.0 Å². The Morgan fingerprint density at radius 2 is 1.56 bits per heavy atom. The molecule has 0 fully saturated rings. The normalized spacial score (nSPS) is 14.0. The van der Waals surface area contributed by atoms with Crippen molar-refractivity contribution in [2.75, 3.05) is 0 Å². The molecule has 4 rings (SSSR count). The number of carbonyl (C=O) groups excluding carboxylic acids is 3. The van der Waals surface area contributed by atoms with Crippen molar-refractivity contribution in [1.82, 2.24) is 30.9 Å². The van der Waals surface area contributed by atoms with Gasteiger partial charge in [-0.3, -0.25) is 14.4 Å². The van der Waals surface area contributed by atoms with Crippen molar-refractivity contribution in [3.05, 3.63) is 90.1 Å². The van der Waals surface area contributed by atoms with Crippen LogP contribution < -0.4 is 21.7 Å². The van der Waals surface area contributed by atoms with Crippen LogP contribution in [0.5, 0.6) is 0 Å². The van der Waals surface area contributed by atoms with Crippen molar-refractivity contribution in [2.24, 2.45) is 5.73 Å². The fraction of sp³-hybridized carbons (Fsp3) is 0.276. The van der Waals surface area contributed by atoms with E-state index in [1.807, 2.05) is 54.6 Å². The molecule has 12 heteroatoms. The summed E-state index contributed by atoms with van der Waals surface area (Å²) >= 11 is 0. The second-order valence-electron chi connectivity index (χ2n) is 9.83. The molecular formula is C29H33N7O5. The average Bonchev–Trinajstić information content (AvgIpc) is 3.62. The van der Waals surface area contributed by atoms with E-state index in [1.165, 1.54) is 19.4 Å². The monoisotopic (exact) mass is 559 g/mol. The largest absolute Gasteiger partial charge is 0.480 e. The van der Waals surface area contributed by atoms with Crippen LogP contribution in [0.25, 0.3) is 10.9 Å². The van der Waals surface area contributed by atoms with Gasteiger partial charge in [0.1, 0.15) is 18.1 Å². The highest BCUT2D eigenvalue weighted by molar-refractivity contribution is 5.94. The standard InChI is InChI=1S/C29H33N7O5/c1-17(34-27(38)22(30)11-18-7-3-2-4-8-18)26(37)35-24(12-19-14-32-23-10-6-5-9-21(19)23)28(39)36-25(29(40)41)13-20-15-31-16-33-20/h2-10,14-17,22,24-25,32H,11-13,30H2,1H3,(H,31,33)(H,34,38)(H,35,37)(H,36,39)(H,40,41). The third-order valence-electron chi connectivity index (χ3n) is 6.71. The number of hydrogen-bond acceptors (Lipinski definition) is 6. The average molecular weight is 560 g/mol. The zero-order chi connectivity index (χ0) is 29.4. The van der Waals surface area contributed by atoms with Crippen molar-refractivity contribution in [1.29, 1.82) is 0 Å². The molecule has 12 nitrogen and oxygen atoms in total. The Bertz CT molecular complexity index is 1490. The molecule has 0 spiro atoms. The van der Waals surface area contributed by atoms with E-state index in [9.17, 15) is 24.3 Å². The molecule has 2 aromatic heterocycles. The first-order chi connectivity index (χ1) is 19.7. The van der Waals surface area contributed by atoms with Crippen LogP contribution in [0.15, 0.2) is 73.3 Å². The van der Waals surface area contributed by atoms with Gasteiger partial charge in [-0.1, -0.05) is 48.5 Å². The Morgan fingerprint density at radius 3 is 2.27 bits per heavy atom. The van der Waals surface area contributed by atoms with E-state index >= 15 is 0 Å². The summed E-state index contributed by atoms with van der Waals surface area (Å²) in [6.07, 6.45) is 4.97. The van der Waals surface area contributed by atoms with E-state index < -0.39 is 47.9 Å². The lowest BCUT2D eigenvalue weighted by Gasteiger charge is -2.24. The number of imidazole rings is 1. The lowest BCUT2D eigenvalue weighted by molar-refractivity contribution is -0.142. The molecule has 4 atom stereocenters. The number of nitrogens with zero attached hydrogens (tertiary/aromatic N) is 1. The van der Waals surface area contributed by atoms with Crippen molar-refractivity contribution >= 4 is 34.6 Å². The van der Waals surface area contributed by atoms with Crippen LogP contribution in [0.3, 0.4) is 0 Å². The third-order valence-corrected chi connectivity index (χ3v) is 6.71. The SMILES string of the molecule is CC(NC(=O)C(N)Cc1ccccc1)C(=O)NC(Cc1c[nH]c2ccccc12)C(=O)NC(Cc1cnc[nH]1)C(=O)O. The molecular weight excluding hydrogens is 526 g/mol. The predicted molar refractivity (Wildman–Crippen MR) is 152 cm³/mol. The van der Waals surface area contributed by atoms with Gasteiger partial charge in [-0.2, -0.15) is 0 Å². The van der Waals surface area contributed by atoms with E-state index in [4.69, 9.17) is 5.73 Å². The zero-order valence-corrected chi connectivity index (χ0v) is 22.5. The summed E-state index contributed by atoms with van der Waals surface area (Å²) in [6.45, 7) is 1.49. The van der Waals surface area contributed by atoms with Gasteiger partial charge in [-0.05, 0) is 30.5 Å². The Morgan fingerprint density at radius 1 is 0.854 bits per heavy atom. The molecule has 4 unspecified atom stereocenters. The van der Waals surface area contributed by atoms with Crippen LogP contribution in [0.4, 0.5) is 0 Å². The first-order valence-electron chi connectivity index (χ1n) is 13.2. The molecule has 0 saturated heterocycles. The van der Waals surface area contributed by atoms with Crippen LogP contribution in [0.1, 0.15) is 23.7 Å². The topological polar surface area (TPSA) is 195 Å². The molecule has 0 saturated carbocycles. The number of nitrogens with one attached hydrogen (secondary N) is 5. The quantitative estimate of drug-likeness (QED) is 0.126. The highest BCUT2D eigenvalue weighted by Gasteiger charge is 2.30. The smallest absolute Gasteiger partial charge is 0.326 e. The van der Waals surface area contributed by atoms with E-state index in [-0.39, 0.29) is 12.8 Å². The molecule has 8 N–H and O–H groups in total. The van der Waals surface area contributed by atoms with Crippen LogP contribution >= 0.6 is 0 Å². The highest BCUT2D eigenvalue weighted by Crippen LogP contribution is 2.19. The highest BCUT2D eigenvalue weighted by atomic mass is 16.4. The van der Waals surface area contributed by atoms with Gasteiger partial charge >= 0.3 is 5.97 Å². The molecule has 2 heterocycles. The molecule has 214 valence electrons. The Balaban J connectivity index is 1.46. The van der Waals surface area contributed by atoms with Crippen LogP contribution in [-0.4, -0.2) is 67.9 Å². The minimum absolute atomic E-state index is 0.0272. The number of carboxylic acid groups (broad SMARTS) is 1. The summed E-state index contributed by atoms with van der Waals surface area (Å²) in [6, 6.07) is 12.5. The molecule has 0 aliphatic rings. The summed E-state index contributed by atoms with van der Waals surface area (Å²) in [7, 11) is 0. The van der Waals surface area contributed by atoms with Crippen LogP contribution in [0, 0.1) is 0 Å². The number of rotatable bonds is 13. The first-order valence-corrected chi connectivity index (χ1v) is 13.2. The number of hydrogen-bond donors (Lipinski definition) is 7.